The third-order valence-electron chi connectivity index (χ3n) is 14.4. The summed E-state index contributed by atoms with van der Waals surface area (Å²) in [7, 11) is -5.28. The number of nitriles is 1. The topological polar surface area (TPSA) is 239 Å². The summed E-state index contributed by atoms with van der Waals surface area (Å²) in [6.07, 6.45) is -3.57. The van der Waals surface area contributed by atoms with E-state index >= 15 is 4.57 Å². The highest BCUT2D eigenvalue weighted by Crippen LogP contribution is 2.65. The van der Waals surface area contributed by atoms with E-state index in [0.717, 1.165) is 16.7 Å². The van der Waals surface area contributed by atoms with Crippen molar-refractivity contribution in [3.63, 3.8) is 0 Å². The van der Waals surface area contributed by atoms with E-state index in [-0.39, 0.29) is 55.1 Å². The maximum atomic E-state index is 15.6. The van der Waals surface area contributed by atoms with Gasteiger partial charge in [0.25, 0.3) is 11.1 Å². The van der Waals surface area contributed by atoms with Gasteiger partial charge < -0.3 is 24.1 Å². The predicted molar refractivity (Wildman–Crippen MR) is 275 cm³/mol. The van der Waals surface area contributed by atoms with Gasteiger partial charge >= 0.3 is 19.2 Å². The average molecular weight is 1060 g/mol. The Morgan fingerprint density at radius 2 is 1.36 bits per heavy atom. The predicted octanol–water partition coefficient (Wildman–Crippen LogP) is 7.98. The Morgan fingerprint density at radius 3 is 1.95 bits per heavy atom. The molecule has 10 atom stereocenters. The number of nitrogens with zero attached hydrogens (tertiary/aromatic N) is 4. The number of ether oxygens (including phenoxy) is 4. The van der Waals surface area contributed by atoms with Gasteiger partial charge in [-0.3, -0.25) is 46.9 Å². The largest absolute Gasteiger partial charge is 0.475 e. The highest BCUT2D eigenvalue weighted by Gasteiger charge is 2.60. The number of nitrogens with one attached hydrogen (secondary N) is 2. The Balaban J connectivity index is 1.18. The number of hydrogen-bond acceptors (Lipinski definition) is 15. The minimum absolute atomic E-state index is 0.0798. The molecule has 3 saturated heterocycles. The number of para-hydroxylation sites is 2. The lowest BCUT2D eigenvalue weighted by molar-refractivity contribution is -0.148. The summed E-state index contributed by atoms with van der Waals surface area (Å²) in [4.78, 5) is 57.1. The van der Waals surface area contributed by atoms with Crippen LogP contribution in [0, 0.1) is 25.2 Å². The molecular formula is C53H64N6O13P2. The first-order valence-corrected chi connectivity index (χ1v) is 28.1. The van der Waals surface area contributed by atoms with Crippen LogP contribution >= 0.6 is 15.9 Å². The lowest BCUT2D eigenvalue weighted by Gasteiger charge is -2.48. The molecule has 0 amide bonds. The lowest BCUT2D eigenvalue weighted by atomic mass is 9.77. The number of aliphatic hydroxyl groups is 1. The molecule has 19 nitrogen and oxygen atoms in total. The third-order valence-corrected chi connectivity index (χ3v) is 19.4. The van der Waals surface area contributed by atoms with Crippen LogP contribution in [0.5, 0.6) is 11.5 Å². The minimum Gasteiger partial charge on any atom is -0.457 e. The molecule has 21 heteroatoms. The Kier molecular flexibility index (Phi) is 15.7. The van der Waals surface area contributed by atoms with Gasteiger partial charge in [-0.2, -0.15) is 5.26 Å². The normalized spacial score (nSPS) is 28.2. The number of aromatic amines is 2. The summed E-state index contributed by atoms with van der Waals surface area (Å²) >= 11 is 0. The molecule has 9 rings (SSSR count). The van der Waals surface area contributed by atoms with E-state index in [0.29, 0.717) is 30.8 Å². The van der Waals surface area contributed by atoms with Crippen LogP contribution in [0.25, 0.3) is 0 Å². The van der Waals surface area contributed by atoms with E-state index < -0.39 is 92.3 Å². The molecule has 2 aromatic heterocycles. The summed E-state index contributed by atoms with van der Waals surface area (Å²) < 4.78 is 67.4. The smallest absolute Gasteiger partial charge is 0.457 e. The molecule has 6 heterocycles. The van der Waals surface area contributed by atoms with Crippen LogP contribution in [0.4, 0.5) is 0 Å². The molecule has 3 aromatic carbocycles. The SMILES string of the molecule is COP1(=O)O[C@H]2C[C@H](n3cc(C)c(=O)[nH]c3=O)O[C@@H]2C(OC2(c3ccccc3)c3ccccc3Oc3ccccc32)CCCC[C@@H]([C@H]2O[C@@H](n3cc(C)c(=O)[nH]c3=O)C[C@@]2(O)P(CCC#N)N(C(C)C)C(C)C)O1. The molecule has 0 saturated carbocycles. The molecule has 3 unspecified atom stereocenters. The van der Waals surface area contributed by atoms with Gasteiger partial charge in [0.05, 0.1) is 18.3 Å². The van der Waals surface area contributed by atoms with Crippen molar-refractivity contribution in [3.05, 3.63) is 161 Å². The van der Waals surface area contributed by atoms with E-state index in [1.54, 1.807) is 13.8 Å². The van der Waals surface area contributed by atoms with Gasteiger partial charge in [0, 0.05) is 81.2 Å². The van der Waals surface area contributed by atoms with Crippen molar-refractivity contribution in [3.8, 4) is 17.6 Å². The van der Waals surface area contributed by atoms with Crippen LogP contribution in [0.1, 0.15) is 113 Å². The van der Waals surface area contributed by atoms with Gasteiger partial charge in [-0.1, -0.05) is 79.6 Å². The van der Waals surface area contributed by atoms with E-state index in [2.05, 4.69) is 20.7 Å². The van der Waals surface area contributed by atoms with Crippen molar-refractivity contribution in [2.45, 2.75) is 152 Å². The first kappa shape index (κ1) is 53.5. The number of aryl methyl sites for hydroxylation is 2. The summed E-state index contributed by atoms with van der Waals surface area (Å²) in [6.45, 7) is 11.2. The van der Waals surface area contributed by atoms with Crippen molar-refractivity contribution >= 4 is 15.9 Å². The molecule has 0 bridgehead atoms. The minimum atomic E-state index is -4.76. The van der Waals surface area contributed by atoms with Crippen LogP contribution in [0.3, 0.4) is 0 Å². The van der Waals surface area contributed by atoms with Crippen molar-refractivity contribution in [2.75, 3.05) is 13.3 Å². The second-order valence-corrected chi connectivity index (χ2v) is 24.1. The van der Waals surface area contributed by atoms with Crippen LogP contribution in [0.15, 0.2) is 110 Å². The van der Waals surface area contributed by atoms with Crippen molar-refractivity contribution < 1.29 is 42.2 Å². The molecular weight excluding hydrogens is 991 g/mol. The first-order chi connectivity index (χ1) is 35.4. The Hall–Kier alpha value is -5.35. The van der Waals surface area contributed by atoms with E-state index in [1.165, 1.54) is 28.6 Å². The van der Waals surface area contributed by atoms with Crippen molar-refractivity contribution in [1.82, 2.24) is 23.8 Å². The van der Waals surface area contributed by atoms with Crippen LogP contribution < -0.4 is 27.2 Å². The quantitative estimate of drug-likeness (QED) is 0.0948. The second kappa shape index (κ2) is 21.7. The molecule has 0 spiro atoms. The monoisotopic (exact) mass is 1050 g/mol. The zero-order valence-electron chi connectivity index (χ0n) is 42.5. The molecule has 0 aliphatic carbocycles. The molecule has 394 valence electrons. The number of aromatic nitrogens is 4. The van der Waals surface area contributed by atoms with Gasteiger partial charge in [-0.05, 0) is 78.2 Å². The number of phosphoric ester groups is 1. The molecule has 3 fully saturated rings. The van der Waals surface area contributed by atoms with Gasteiger partial charge in [0.2, 0.25) is 0 Å². The van der Waals surface area contributed by atoms with Crippen molar-refractivity contribution in [1.29, 1.82) is 5.26 Å². The molecule has 3 N–H and O–H groups in total. The number of fused-ring (bicyclic) bond motifs is 3. The van der Waals surface area contributed by atoms with E-state index in [9.17, 15) is 29.5 Å². The maximum Gasteiger partial charge on any atom is 0.475 e. The highest BCUT2D eigenvalue weighted by molar-refractivity contribution is 7.56. The maximum absolute atomic E-state index is 15.6. The third kappa shape index (κ3) is 10.1. The molecule has 74 heavy (non-hydrogen) atoms. The average Bonchev–Trinajstić information content (AvgIpc) is 3.95. The Morgan fingerprint density at radius 1 is 0.811 bits per heavy atom. The Bertz CT molecular complexity index is 3120. The fraction of sp³-hybridized carbons (Fsp3) is 0.491. The first-order valence-electron chi connectivity index (χ1n) is 25.1. The fourth-order valence-corrected chi connectivity index (χ4v) is 15.9. The number of H-pyrrole nitrogens is 2. The van der Waals surface area contributed by atoms with Crippen LogP contribution in [-0.4, -0.2) is 90.1 Å². The highest BCUT2D eigenvalue weighted by atomic mass is 31.2. The zero-order valence-corrected chi connectivity index (χ0v) is 44.3. The Labute approximate surface area is 429 Å². The number of benzene rings is 3. The second-order valence-electron chi connectivity index (χ2n) is 19.9. The van der Waals surface area contributed by atoms with Gasteiger partial charge in [0.15, 0.2) is 5.60 Å². The summed E-state index contributed by atoms with van der Waals surface area (Å²) in [5.41, 5.74) is -1.19. The summed E-state index contributed by atoms with van der Waals surface area (Å²) in [6, 6.07) is 27.1. The standard InChI is InChI=1S/C53H64N6O13P2/c1-32(2)59(33(3)4)73(27-17-26-54)52(64)29-45(58-31-35(6)49(61)56-51(58)63)69-47(52)42-25-16-15-24-41(46-43(72-74(65,66-7)71-42)28-44(68-46)57-30-34(5)48(60)55-50(57)62)70-53(36-18-9-8-10-19-36)37-20-11-13-22-39(37)67-40-23-14-12-21-38(40)53/h8-14,18-23,30-33,41-47,64H,15-17,24-25,27-29H2,1-7H3,(H,55,60,62)(H,56,61,63)/t41?,42-,43-,44+,45+,46+,47+,52+,73?,74?/m0/s1. The van der Waals surface area contributed by atoms with Gasteiger partial charge in [0.1, 0.15) is 47.6 Å². The van der Waals surface area contributed by atoms with E-state index in [1.807, 2.05) is 107 Å². The molecule has 0 radical (unpaired) electrons. The number of phosphoric acid groups is 1. The van der Waals surface area contributed by atoms with Crippen LogP contribution in [-0.2, 0) is 37.9 Å². The summed E-state index contributed by atoms with van der Waals surface area (Å²) in [5, 5.41) is 21.8. The molecule has 5 aromatic rings. The van der Waals surface area contributed by atoms with Crippen molar-refractivity contribution in [2.24, 2.45) is 0 Å². The molecule has 4 aliphatic heterocycles. The van der Waals surface area contributed by atoms with Gasteiger partial charge in [-0.15, -0.1) is 0 Å². The summed E-state index contributed by atoms with van der Waals surface area (Å²) in [5.74, 6) is 1.15. The fourth-order valence-electron chi connectivity index (χ4n) is 11.2. The van der Waals surface area contributed by atoms with Gasteiger partial charge in [-0.25, -0.2) is 14.2 Å². The number of rotatable bonds is 13. The zero-order chi connectivity index (χ0) is 52.7. The number of hydrogen-bond donors (Lipinski definition) is 3. The van der Waals surface area contributed by atoms with Crippen LogP contribution in [0.2, 0.25) is 0 Å². The lowest BCUT2D eigenvalue weighted by Crippen LogP contribution is -2.50. The molecule has 4 aliphatic rings. The van der Waals surface area contributed by atoms with E-state index in [4.69, 9.17) is 32.5 Å².